The third-order valence-electron chi connectivity index (χ3n) is 5.22. The Kier molecular flexibility index (Phi) is 4.97. The van der Waals surface area contributed by atoms with Crippen molar-refractivity contribution in [3.8, 4) is 0 Å². The van der Waals surface area contributed by atoms with Crippen molar-refractivity contribution in [3.63, 3.8) is 0 Å². The fraction of sp³-hybridized carbons (Fsp3) is 0.684. The Bertz CT molecular complexity index is 451. The number of hydrogen-bond acceptors (Lipinski definition) is 2. The smallest absolute Gasteiger partial charge is 0.0237 e. The fourth-order valence-corrected chi connectivity index (χ4v) is 4.17. The molecule has 0 radical (unpaired) electrons. The molecule has 0 aromatic heterocycles. The monoisotopic (exact) mass is 286 g/mol. The molecule has 2 fully saturated rings. The summed E-state index contributed by atoms with van der Waals surface area (Å²) in [7, 11) is 0. The molecule has 116 valence electrons. The maximum absolute atomic E-state index is 3.94. The lowest BCUT2D eigenvalue weighted by molar-refractivity contribution is 0.136. The number of nitrogens with one attached hydrogen (secondary N) is 1. The zero-order chi connectivity index (χ0) is 14.7. The van der Waals surface area contributed by atoms with Crippen molar-refractivity contribution in [2.75, 3.05) is 13.1 Å². The predicted octanol–water partition coefficient (Wildman–Crippen LogP) is 3.74. The number of hydrogen-bond donors (Lipinski definition) is 1. The first-order valence-electron chi connectivity index (χ1n) is 8.73. The minimum Gasteiger partial charge on any atom is -0.310 e. The van der Waals surface area contributed by atoms with Gasteiger partial charge in [0.2, 0.25) is 0 Å². The number of likely N-dealkylation sites (tertiary alicyclic amines) is 1. The van der Waals surface area contributed by atoms with Crippen LogP contribution in [0, 0.1) is 12.8 Å². The third kappa shape index (κ3) is 4.08. The van der Waals surface area contributed by atoms with Crippen LogP contribution in [0.25, 0.3) is 0 Å². The summed E-state index contributed by atoms with van der Waals surface area (Å²) in [5.41, 5.74) is 2.92. The molecule has 1 heterocycles. The van der Waals surface area contributed by atoms with Gasteiger partial charge >= 0.3 is 0 Å². The average molecular weight is 286 g/mol. The first-order chi connectivity index (χ1) is 10.2. The van der Waals surface area contributed by atoms with Gasteiger partial charge in [-0.1, -0.05) is 44.0 Å². The number of aryl methyl sites for hydroxylation is 1. The van der Waals surface area contributed by atoms with Gasteiger partial charge in [0, 0.05) is 31.7 Å². The van der Waals surface area contributed by atoms with Crippen molar-refractivity contribution in [1.29, 1.82) is 0 Å². The molecule has 1 saturated heterocycles. The molecular formula is C19H30N2. The lowest BCUT2D eigenvalue weighted by Gasteiger charge is -2.38. The van der Waals surface area contributed by atoms with Crippen molar-refractivity contribution >= 4 is 0 Å². The van der Waals surface area contributed by atoms with E-state index in [1.807, 2.05) is 0 Å². The predicted molar refractivity (Wildman–Crippen MR) is 89.4 cm³/mol. The Balaban J connectivity index is 1.58. The Morgan fingerprint density at radius 1 is 1.10 bits per heavy atom. The van der Waals surface area contributed by atoms with Crippen molar-refractivity contribution in [1.82, 2.24) is 10.2 Å². The molecule has 2 heteroatoms. The van der Waals surface area contributed by atoms with Crippen LogP contribution < -0.4 is 5.32 Å². The van der Waals surface area contributed by atoms with Crippen LogP contribution in [-0.4, -0.2) is 30.1 Å². The summed E-state index contributed by atoms with van der Waals surface area (Å²) >= 11 is 0. The minimum atomic E-state index is 0.695. The lowest BCUT2D eigenvalue weighted by atomic mass is 9.94. The molecule has 2 unspecified atom stereocenters. The SMILES string of the molecule is Cc1ccccc1CN1CC(C)CC(NC2CCCC2)C1. The number of rotatable bonds is 4. The molecule has 2 aliphatic rings. The summed E-state index contributed by atoms with van der Waals surface area (Å²) < 4.78 is 0. The third-order valence-corrected chi connectivity index (χ3v) is 5.22. The van der Waals surface area contributed by atoms with Gasteiger partial charge in [-0.2, -0.15) is 0 Å². The highest BCUT2D eigenvalue weighted by atomic mass is 15.2. The summed E-state index contributed by atoms with van der Waals surface area (Å²) in [4.78, 5) is 2.66. The summed E-state index contributed by atoms with van der Waals surface area (Å²) in [6, 6.07) is 10.3. The van der Waals surface area contributed by atoms with Gasteiger partial charge in [0.05, 0.1) is 0 Å². The van der Waals surface area contributed by atoms with Crippen LogP contribution in [0.15, 0.2) is 24.3 Å². The molecule has 2 nitrogen and oxygen atoms in total. The quantitative estimate of drug-likeness (QED) is 0.907. The highest BCUT2D eigenvalue weighted by Gasteiger charge is 2.27. The van der Waals surface area contributed by atoms with Gasteiger partial charge in [-0.25, -0.2) is 0 Å². The molecule has 2 atom stereocenters. The maximum atomic E-state index is 3.94. The van der Waals surface area contributed by atoms with Crippen LogP contribution >= 0.6 is 0 Å². The highest BCUT2D eigenvalue weighted by molar-refractivity contribution is 5.25. The zero-order valence-corrected chi connectivity index (χ0v) is 13.6. The van der Waals surface area contributed by atoms with E-state index in [0.29, 0.717) is 6.04 Å². The molecule has 21 heavy (non-hydrogen) atoms. The topological polar surface area (TPSA) is 15.3 Å². The summed E-state index contributed by atoms with van der Waals surface area (Å²) in [6.07, 6.45) is 6.98. The fourth-order valence-electron chi connectivity index (χ4n) is 4.17. The van der Waals surface area contributed by atoms with E-state index < -0.39 is 0 Å². The number of nitrogens with zero attached hydrogens (tertiary/aromatic N) is 1. The molecule has 1 aromatic carbocycles. The minimum absolute atomic E-state index is 0.695. The largest absolute Gasteiger partial charge is 0.310 e. The molecular weight excluding hydrogens is 256 g/mol. The van der Waals surface area contributed by atoms with Gasteiger partial charge in [-0.05, 0) is 43.2 Å². The Morgan fingerprint density at radius 3 is 2.62 bits per heavy atom. The van der Waals surface area contributed by atoms with E-state index in [4.69, 9.17) is 0 Å². The Hall–Kier alpha value is -0.860. The van der Waals surface area contributed by atoms with E-state index in [1.165, 1.54) is 56.3 Å². The first kappa shape index (κ1) is 15.1. The molecule has 3 rings (SSSR count). The second kappa shape index (κ2) is 6.93. The van der Waals surface area contributed by atoms with Crippen molar-refractivity contribution in [2.45, 2.75) is 64.6 Å². The average Bonchev–Trinajstić information content (AvgIpc) is 2.93. The zero-order valence-electron chi connectivity index (χ0n) is 13.6. The van der Waals surface area contributed by atoms with Gasteiger partial charge in [0.15, 0.2) is 0 Å². The molecule has 1 aromatic rings. The number of benzene rings is 1. The van der Waals surface area contributed by atoms with Gasteiger partial charge in [-0.3, -0.25) is 4.90 Å². The van der Waals surface area contributed by atoms with E-state index >= 15 is 0 Å². The van der Waals surface area contributed by atoms with Gasteiger partial charge in [0.25, 0.3) is 0 Å². The Morgan fingerprint density at radius 2 is 1.86 bits per heavy atom. The van der Waals surface area contributed by atoms with Crippen LogP contribution in [0.1, 0.15) is 50.2 Å². The van der Waals surface area contributed by atoms with Gasteiger partial charge in [-0.15, -0.1) is 0 Å². The van der Waals surface area contributed by atoms with Crippen molar-refractivity contribution in [2.24, 2.45) is 5.92 Å². The van der Waals surface area contributed by atoms with Crippen LogP contribution in [0.3, 0.4) is 0 Å². The van der Waals surface area contributed by atoms with Crippen molar-refractivity contribution < 1.29 is 0 Å². The molecule has 1 aliphatic carbocycles. The summed E-state index contributed by atoms with van der Waals surface area (Å²) in [5, 5.41) is 3.94. The standard InChI is InChI=1S/C19H30N2/c1-15-11-19(20-18-9-5-6-10-18)14-21(12-15)13-17-8-4-3-7-16(17)2/h3-4,7-8,15,18-20H,5-6,9-14H2,1-2H3. The number of piperidine rings is 1. The highest BCUT2D eigenvalue weighted by Crippen LogP contribution is 2.23. The van der Waals surface area contributed by atoms with E-state index in [2.05, 4.69) is 48.3 Å². The second-order valence-corrected chi connectivity index (χ2v) is 7.31. The van der Waals surface area contributed by atoms with E-state index in [1.54, 1.807) is 0 Å². The van der Waals surface area contributed by atoms with Crippen LogP contribution in [-0.2, 0) is 6.54 Å². The van der Waals surface area contributed by atoms with Crippen LogP contribution in [0.2, 0.25) is 0 Å². The van der Waals surface area contributed by atoms with E-state index in [0.717, 1.165) is 18.5 Å². The van der Waals surface area contributed by atoms with Gasteiger partial charge < -0.3 is 5.32 Å². The molecule has 0 spiro atoms. The maximum Gasteiger partial charge on any atom is 0.0237 e. The summed E-state index contributed by atoms with van der Waals surface area (Å²) in [5.74, 6) is 0.807. The molecule has 0 amide bonds. The Labute approximate surface area is 129 Å². The lowest BCUT2D eigenvalue weighted by Crippen LogP contribution is -2.50. The molecule has 1 N–H and O–H groups in total. The second-order valence-electron chi connectivity index (χ2n) is 7.31. The molecule has 1 aliphatic heterocycles. The van der Waals surface area contributed by atoms with Crippen LogP contribution in [0.4, 0.5) is 0 Å². The van der Waals surface area contributed by atoms with Crippen molar-refractivity contribution in [3.05, 3.63) is 35.4 Å². The molecule has 1 saturated carbocycles. The molecule has 0 bridgehead atoms. The van der Waals surface area contributed by atoms with E-state index in [9.17, 15) is 0 Å². The normalized spacial score (nSPS) is 28.1. The first-order valence-corrected chi connectivity index (χ1v) is 8.73. The van der Waals surface area contributed by atoms with E-state index in [-0.39, 0.29) is 0 Å². The van der Waals surface area contributed by atoms with Crippen LogP contribution in [0.5, 0.6) is 0 Å². The van der Waals surface area contributed by atoms with Gasteiger partial charge in [0.1, 0.15) is 0 Å². The summed E-state index contributed by atoms with van der Waals surface area (Å²) in [6.45, 7) is 8.22.